The molecule has 1 heteroatoms. The molecule has 2 aliphatic rings. The first-order valence-corrected chi connectivity index (χ1v) is 5.23. The summed E-state index contributed by atoms with van der Waals surface area (Å²) in [6, 6.07) is 2.41. The molecule has 68 valence electrons. The van der Waals surface area contributed by atoms with Crippen molar-refractivity contribution in [2.45, 2.75) is 57.7 Å². The summed E-state index contributed by atoms with van der Waals surface area (Å²) >= 11 is 0. The average Bonchev–Trinajstić information content (AvgIpc) is 2.05. The lowest BCUT2D eigenvalue weighted by atomic mass is 9.89. The number of likely N-dealkylation sites (tertiary alicyclic amines) is 1. The maximum atomic E-state index is 2.66. The highest BCUT2D eigenvalue weighted by Gasteiger charge is 2.35. The minimum Gasteiger partial charge on any atom is -0.291 e. The Hall–Kier alpha value is -0.300. The Morgan fingerprint density at radius 3 is 2.50 bits per heavy atom. The molecule has 1 heterocycles. The van der Waals surface area contributed by atoms with Crippen LogP contribution in [-0.4, -0.2) is 23.0 Å². The van der Waals surface area contributed by atoms with Gasteiger partial charge in [-0.05, 0) is 39.5 Å². The molecular weight excluding hydrogens is 146 g/mol. The molecule has 0 amide bonds. The summed E-state index contributed by atoms with van der Waals surface area (Å²) in [5.41, 5.74) is 0. The van der Waals surface area contributed by atoms with Crippen LogP contribution in [0.15, 0.2) is 12.2 Å². The first-order chi connectivity index (χ1) is 5.79. The predicted octanol–water partition coefficient (Wildman–Crippen LogP) is 2.58. The van der Waals surface area contributed by atoms with Crippen molar-refractivity contribution >= 4 is 0 Å². The van der Waals surface area contributed by atoms with E-state index in [4.69, 9.17) is 0 Å². The number of rotatable bonds is 1. The van der Waals surface area contributed by atoms with Gasteiger partial charge in [-0.15, -0.1) is 0 Å². The number of nitrogens with zero attached hydrogens (tertiary/aromatic N) is 1. The summed E-state index contributed by atoms with van der Waals surface area (Å²) in [7, 11) is 0. The van der Waals surface area contributed by atoms with Crippen LogP contribution in [0.5, 0.6) is 0 Å². The molecule has 3 atom stereocenters. The summed E-state index contributed by atoms with van der Waals surface area (Å²) in [5, 5.41) is 0. The molecule has 0 saturated carbocycles. The zero-order valence-electron chi connectivity index (χ0n) is 8.16. The topological polar surface area (TPSA) is 3.24 Å². The second kappa shape index (κ2) is 3.21. The molecule has 1 aliphatic carbocycles. The maximum absolute atomic E-state index is 2.66. The van der Waals surface area contributed by atoms with Crippen LogP contribution in [0.4, 0.5) is 0 Å². The van der Waals surface area contributed by atoms with Crippen LogP contribution in [0.1, 0.15) is 39.5 Å². The van der Waals surface area contributed by atoms with E-state index in [0.717, 1.165) is 18.1 Å². The smallest absolute Gasteiger partial charge is 0.0283 e. The molecule has 1 aliphatic heterocycles. The number of hydrogen-bond acceptors (Lipinski definition) is 1. The van der Waals surface area contributed by atoms with E-state index in [9.17, 15) is 0 Å². The van der Waals surface area contributed by atoms with Gasteiger partial charge in [0.1, 0.15) is 0 Å². The largest absolute Gasteiger partial charge is 0.291 e. The molecule has 0 aromatic heterocycles. The van der Waals surface area contributed by atoms with Crippen LogP contribution in [0.2, 0.25) is 0 Å². The van der Waals surface area contributed by atoms with Crippen molar-refractivity contribution in [3.8, 4) is 0 Å². The quantitative estimate of drug-likeness (QED) is 0.540. The fraction of sp³-hybridized carbons (Fsp3) is 0.818. The Kier molecular flexibility index (Phi) is 2.22. The molecule has 0 spiro atoms. The van der Waals surface area contributed by atoms with E-state index in [-0.39, 0.29) is 0 Å². The molecular formula is C11H19N. The van der Waals surface area contributed by atoms with Gasteiger partial charge >= 0.3 is 0 Å². The second-order valence-corrected chi connectivity index (χ2v) is 4.31. The van der Waals surface area contributed by atoms with Crippen molar-refractivity contribution < 1.29 is 0 Å². The zero-order chi connectivity index (χ0) is 8.55. The van der Waals surface area contributed by atoms with Crippen LogP contribution in [0.3, 0.4) is 0 Å². The van der Waals surface area contributed by atoms with Gasteiger partial charge in [-0.25, -0.2) is 0 Å². The normalized spacial score (nSPS) is 42.7. The van der Waals surface area contributed by atoms with Gasteiger partial charge in [0.15, 0.2) is 0 Å². The van der Waals surface area contributed by atoms with Crippen molar-refractivity contribution in [2.75, 3.05) is 0 Å². The zero-order valence-corrected chi connectivity index (χ0v) is 8.16. The van der Waals surface area contributed by atoms with Gasteiger partial charge in [-0.1, -0.05) is 12.2 Å². The van der Waals surface area contributed by atoms with Gasteiger partial charge in [0.25, 0.3) is 0 Å². The highest BCUT2D eigenvalue weighted by atomic mass is 15.3. The third-order valence-electron chi connectivity index (χ3n) is 3.31. The lowest BCUT2D eigenvalue weighted by Crippen LogP contribution is -2.57. The molecule has 0 aromatic rings. The highest BCUT2D eigenvalue weighted by Crippen LogP contribution is 2.31. The van der Waals surface area contributed by atoms with E-state index in [1.165, 1.54) is 25.7 Å². The van der Waals surface area contributed by atoms with E-state index in [1.807, 2.05) is 0 Å². The van der Waals surface area contributed by atoms with Gasteiger partial charge in [0.05, 0.1) is 0 Å². The van der Waals surface area contributed by atoms with E-state index in [0.29, 0.717) is 0 Å². The number of hydrogen-bond donors (Lipinski definition) is 0. The lowest BCUT2D eigenvalue weighted by molar-refractivity contribution is 0.00667. The van der Waals surface area contributed by atoms with Crippen molar-refractivity contribution in [3.63, 3.8) is 0 Å². The fourth-order valence-electron chi connectivity index (χ4n) is 2.73. The highest BCUT2D eigenvalue weighted by molar-refractivity contribution is 5.04. The van der Waals surface area contributed by atoms with Crippen molar-refractivity contribution in [2.24, 2.45) is 0 Å². The van der Waals surface area contributed by atoms with Crippen LogP contribution in [0.25, 0.3) is 0 Å². The molecule has 0 N–H and O–H groups in total. The Morgan fingerprint density at radius 2 is 2.00 bits per heavy atom. The summed E-state index contributed by atoms with van der Waals surface area (Å²) in [6.45, 7) is 4.70. The molecule has 1 saturated heterocycles. The van der Waals surface area contributed by atoms with E-state index in [1.54, 1.807) is 0 Å². The predicted molar refractivity (Wildman–Crippen MR) is 52.2 cm³/mol. The summed E-state index contributed by atoms with van der Waals surface area (Å²) in [4.78, 5) is 2.66. The van der Waals surface area contributed by atoms with Gasteiger partial charge in [-0.3, -0.25) is 4.90 Å². The molecule has 1 nitrogen and oxygen atoms in total. The molecule has 3 unspecified atom stereocenters. The second-order valence-electron chi connectivity index (χ2n) is 4.31. The van der Waals surface area contributed by atoms with Crippen molar-refractivity contribution in [1.29, 1.82) is 0 Å². The Morgan fingerprint density at radius 1 is 1.25 bits per heavy atom. The van der Waals surface area contributed by atoms with Crippen LogP contribution < -0.4 is 0 Å². The van der Waals surface area contributed by atoms with E-state index in [2.05, 4.69) is 30.9 Å². The Labute approximate surface area is 75.4 Å². The summed E-state index contributed by atoms with van der Waals surface area (Å²) in [6.07, 6.45) is 10.2. The van der Waals surface area contributed by atoms with E-state index < -0.39 is 0 Å². The van der Waals surface area contributed by atoms with E-state index >= 15 is 0 Å². The first kappa shape index (κ1) is 8.31. The van der Waals surface area contributed by atoms with Gasteiger partial charge < -0.3 is 0 Å². The van der Waals surface area contributed by atoms with Crippen molar-refractivity contribution in [1.82, 2.24) is 4.90 Å². The minimum absolute atomic E-state index is 0.762. The lowest BCUT2D eigenvalue weighted by Gasteiger charge is -2.50. The average molecular weight is 165 g/mol. The monoisotopic (exact) mass is 165 g/mol. The van der Waals surface area contributed by atoms with Crippen molar-refractivity contribution in [3.05, 3.63) is 12.2 Å². The summed E-state index contributed by atoms with van der Waals surface area (Å²) < 4.78 is 0. The first-order valence-electron chi connectivity index (χ1n) is 5.23. The van der Waals surface area contributed by atoms with Crippen LogP contribution in [-0.2, 0) is 0 Å². The SMILES string of the molecule is CC1CC(C)N1C1C=CCCC1. The summed E-state index contributed by atoms with van der Waals surface area (Å²) in [5.74, 6) is 0. The van der Waals surface area contributed by atoms with Gasteiger partial charge in [0, 0.05) is 18.1 Å². The Balaban J connectivity index is 1.98. The fourth-order valence-corrected chi connectivity index (χ4v) is 2.73. The molecule has 12 heavy (non-hydrogen) atoms. The van der Waals surface area contributed by atoms with Crippen LogP contribution in [0, 0.1) is 0 Å². The molecule has 0 radical (unpaired) electrons. The van der Waals surface area contributed by atoms with Gasteiger partial charge in [-0.2, -0.15) is 0 Å². The maximum Gasteiger partial charge on any atom is 0.0283 e. The standard InChI is InChI=1S/C11H19N/c1-9-8-10(2)12(9)11-6-4-3-5-7-11/h4,6,9-11H,3,5,7-8H2,1-2H3. The molecule has 0 aromatic carbocycles. The van der Waals surface area contributed by atoms with Crippen LogP contribution >= 0.6 is 0 Å². The van der Waals surface area contributed by atoms with Gasteiger partial charge in [0.2, 0.25) is 0 Å². The third kappa shape index (κ3) is 1.31. The Bertz CT molecular complexity index is 177. The molecule has 1 fully saturated rings. The third-order valence-corrected chi connectivity index (χ3v) is 3.31. The molecule has 2 rings (SSSR count). The molecule has 0 bridgehead atoms. The minimum atomic E-state index is 0.762. The number of allylic oxidation sites excluding steroid dienone is 1.